The fourth-order valence-corrected chi connectivity index (χ4v) is 2.75. The van der Waals surface area contributed by atoms with Gasteiger partial charge in [-0.05, 0) is 32.3 Å². The van der Waals surface area contributed by atoms with E-state index in [4.69, 9.17) is 4.74 Å². The molecule has 1 heterocycles. The maximum Gasteiger partial charge on any atom is 0.224 e. The SMILES string of the molecule is CC(C)N(Cc1ccccc1)C(=O)CCNCC1CCCO1. The molecule has 0 spiro atoms. The highest BCUT2D eigenvalue weighted by molar-refractivity contribution is 5.76. The van der Waals surface area contributed by atoms with Crippen molar-refractivity contribution in [3.05, 3.63) is 35.9 Å². The highest BCUT2D eigenvalue weighted by Crippen LogP contribution is 2.11. The number of benzene rings is 1. The van der Waals surface area contributed by atoms with Crippen LogP contribution in [0.1, 0.15) is 38.7 Å². The van der Waals surface area contributed by atoms with Crippen LogP contribution in [-0.4, -0.2) is 42.6 Å². The number of hydrogen-bond donors (Lipinski definition) is 1. The number of carbonyl (C=O) groups excluding carboxylic acids is 1. The first-order valence-corrected chi connectivity index (χ1v) is 8.32. The van der Waals surface area contributed by atoms with Crippen LogP contribution in [0.2, 0.25) is 0 Å². The molecule has 4 nitrogen and oxygen atoms in total. The van der Waals surface area contributed by atoms with Gasteiger partial charge >= 0.3 is 0 Å². The molecule has 1 aromatic carbocycles. The van der Waals surface area contributed by atoms with Crippen molar-refractivity contribution in [2.45, 2.75) is 51.8 Å². The van der Waals surface area contributed by atoms with Gasteiger partial charge in [-0.1, -0.05) is 30.3 Å². The van der Waals surface area contributed by atoms with Gasteiger partial charge in [0, 0.05) is 38.7 Å². The molecule has 0 bridgehead atoms. The van der Waals surface area contributed by atoms with Gasteiger partial charge in [-0.25, -0.2) is 0 Å². The zero-order valence-corrected chi connectivity index (χ0v) is 13.8. The van der Waals surface area contributed by atoms with E-state index in [2.05, 4.69) is 31.3 Å². The van der Waals surface area contributed by atoms with Crippen molar-refractivity contribution in [1.29, 1.82) is 0 Å². The summed E-state index contributed by atoms with van der Waals surface area (Å²) in [7, 11) is 0. The van der Waals surface area contributed by atoms with Gasteiger partial charge in [-0.15, -0.1) is 0 Å². The Morgan fingerprint density at radius 1 is 1.36 bits per heavy atom. The first kappa shape index (κ1) is 17.0. The second-order valence-electron chi connectivity index (χ2n) is 6.19. The molecular weight excluding hydrogens is 276 g/mol. The Hall–Kier alpha value is -1.39. The third-order valence-corrected chi connectivity index (χ3v) is 4.05. The van der Waals surface area contributed by atoms with Gasteiger partial charge in [0.15, 0.2) is 0 Å². The number of nitrogens with zero attached hydrogens (tertiary/aromatic N) is 1. The van der Waals surface area contributed by atoms with Crippen molar-refractivity contribution in [3.63, 3.8) is 0 Å². The van der Waals surface area contributed by atoms with Crippen LogP contribution in [0.25, 0.3) is 0 Å². The molecule has 1 N–H and O–H groups in total. The number of carbonyl (C=O) groups is 1. The molecule has 1 unspecified atom stereocenters. The molecule has 0 radical (unpaired) electrons. The van der Waals surface area contributed by atoms with E-state index >= 15 is 0 Å². The molecule has 22 heavy (non-hydrogen) atoms. The summed E-state index contributed by atoms with van der Waals surface area (Å²) < 4.78 is 5.57. The zero-order valence-electron chi connectivity index (χ0n) is 13.8. The molecule has 1 aliphatic rings. The molecule has 2 rings (SSSR count). The molecule has 1 fully saturated rings. The fourth-order valence-electron chi connectivity index (χ4n) is 2.75. The van der Waals surface area contributed by atoms with Gasteiger partial charge < -0.3 is 15.0 Å². The lowest BCUT2D eigenvalue weighted by Gasteiger charge is -2.27. The molecule has 0 saturated carbocycles. The number of amides is 1. The lowest BCUT2D eigenvalue weighted by Crippen LogP contribution is -2.38. The van der Waals surface area contributed by atoms with E-state index in [1.54, 1.807) is 0 Å². The Morgan fingerprint density at radius 3 is 2.77 bits per heavy atom. The van der Waals surface area contributed by atoms with Gasteiger partial charge in [-0.3, -0.25) is 4.79 Å². The molecule has 122 valence electrons. The summed E-state index contributed by atoms with van der Waals surface area (Å²) in [5.74, 6) is 0.207. The molecule has 1 atom stereocenters. The molecule has 4 heteroatoms. The standard InChI is InChI=1S/C18H28N2O2/c1-15(2)20(14-16-7-4-3-5-8-16)18(21)10-11-19-13-17-9-6-12-22-17/h3-5,7-8,15,17,19H,6,9-14H2,1-2H3. The predicted molar refractivity (Wildman–Crippen MR) is 88.6 cm³/mol. The van der Waals surface area contributed by atoms with Crippen molar-refractivity contribution in [2.24, 2.45) is 0 Å². The Balaban J connectivity index is 1.74. The average molecular weight is 304 g/mol. The van der Waals surface area contributed by atoms with Crippen LogP contribution in [0, 0.1) is 0 Å². The number of hydrogen-bond acceptors (Lipinski definition) is 3. The maximum absolute atomic E-state index is 12.4. The fraction of sp³-hybridized carbons (Fsp3) is 0.611. The van der Waals surface area contributed by atoms with E-state index in [0.29, 0.717) is 19.1 Å². The normalized spacial score (nSPS) is 17.9. The topological polar surface area (TPSA) is 41.6 Å². The van der Waals surface area contributed by atoms with Gasteiger partial charge in [-0.2, -0.15) is 0 Å². The first-order valence-electron chi connectivity index (χ1n) is 8.32. The van der Waals surface area contributed by atoms with E-state index in [9.17, 15) is 4.79 Å². The summed E-state index contributed by atoms with van der Waals surface area (Å²) in [5, 5.41) is 3.34. The van der Waals surface area contributed by atoms with Crippen molar-refractivity contribution in [1.82, 2.24) is 10.2 Å². The van der Waals surface area contributed by atoms with Crippen LogP contribution >= 0.6 is 0 Å². The van der Waals surface area contributed by atoms with Crippen molar-refractivity contribution in [2.75, 3.05) is 19.7 Å². The predicted octanol–water partition coefficient (Wildman–Crippen LogP) is 2.58. The zero-order chi connectivity index (χ0) is 15.8. The maximum atomic E-state index is 12.4. The Kier molecular flexibility index (Phi) is 6.87. The molecule has 1 amide bonds. The van der Waals surface area contributed by atoms with Crippen LogP contribution in [0.15, 0.2) is 30.3 Å². The van der Waals surface area contributed by atoms with E-state index in [1.165, 1.54) is 5.56 Å². The van der Waals surface area contributed by atoms with Crippen molar-refractivity contribution >= 4 is 5.91 Å². The first-order chi connectivity index (χ1) is 10.7. The second kappa shape index (κ2) is 8.91. The molecular formula is C18H28N2O2. The van der Waals surface area contributed by atoms with Crippen molar-refractivity contribution in [3.8, 4) is 0 Å². The number of nitrogens with one attached hydrogen (secondary N) is 1. The van der Waals surface area contributed by atoms with Crippen LogP contribution in [0.3, 0.4) is 0 Å². The van der Waals surface area contributed by atoms with Gasteiger partial charge in [0.1, 0.15) is 0 Å². The number of rotatable bonds is 8. The van der Waals surface area contributed by atoms with Crippen molar-refractivity contribution < 1.29 is 9.53 Å². The number of ether oxygens (including phenoxy) is 1. The van der Waals surface area contributed by atoms with E-state index in [0.717, 1.165) is 32.5 Å². The summed E-state index contributed by atoms with van der Waals surface area (Å²) in [6.07, 6.45) is 3.16. The summed E-state index contributed by atoms with van der Waals surface area (Å²) in [6.45, 7) is 7.28. The quantitative estimate of drug-likeness (QED) is 0.751. The highest BCUT2D eigenvalue weighted by Gasteiger charge is 2.18. The Bertz CT molecular complexity index is 442. The minimum absolute atomic E-state index is 0.207. The lowest BCUT2D eigenvalue weighted by molar-refractivity contribution is -0.133. The van der Waals surface area contributed by atoms with E-state index in [1.807, 2.05) is 23.1 Å². The molecule has 1 aromatic rings. The van der Waals surface area contributed by atoms with Gasteiger partial charge in [0.05, 0.1) is 6.10 Å². The lowest BCUT2D eigenvalue weighted by atomic mass is 10.1. The Morgan fingerprint density at radius 2 is 2.14 bits per heavy atom. The molecule has 0 aromatic heterocycles. The Labute approximate surface area is 133 Å². The van der Waals surface area contributed by atoms with Gasteiger partial charge in [0.2, 0.25) is 5.91 Å². The summed E-state index contributed by atoms with van der Waals surface area (Å²) in [4.78, 5) is 14.4. The smallest absolute Gasteiger partial charge is 0.224 e. The highest BCUT2D eigenvalue weighted by atomic mass is 16.5. The molecule has 0 aliphatic carbocycles. The third-order valence-electron chi connectivity index (χ3n) is 4.05. The summed E-state index contributed by atoms with van der Waals surface area (Å²) in [5.41, 5.74) is 1.18. The minimum atomic E-state index is 0.207. The summed E-state index contributed by atoms with van der Waals surface area (Å²) >= 11 is 0. The minimum Gasteiger partial charge on any atom is -0.377 e. The van der Waals surface area contributed by atoms with E-state index < -0.39 is 0 Å². The molecule has 1 saturated heterocycles. The van der Waals surface area contributed by atoms with Crippen LogP contribution in [0.5, 0.6) is 0 Å². The summed E-state index contributed by atoms with van der Waals surface area (Å²) in [6, 6.07) is 10.4. The van der Waals surface area contributed by atoms with Crippen LogP contribution in [0.4, 0.5) is 0 Å². The average Bonchev–Trinajstić information content (AvgIpc) is 3.03. The monoisotopic (exact) mass is 304 g/mol. The largest absolute Gasteiger partial charge is 0.377 e. The van der Waals surface area contributed by atoms with Gasteiger partial charge in [0.25, 0.3) is 0 Å². The third kappa shape index (κ3) is 5.43. The second-order valence-corrected chi connectivity index (χ2v) is 6.19. The van der Waals surface area contributed by atoms with Crippen LogP contribution < -0.4 is 5.32 Å². The van der Waals surface area contributed by atoms with Crippen LogP contribution in [-0.2, 0) is 16.1 Å². The van der Waals surface area contributed by atoms with E-state index in [-0.39, 0.29) is 11.9 Å². The molecule has 1 aliphatic heterocycles.